The van der Waals surface area contributed by atoms with Crippen LogP contribution in [0.25, 0.3) is 11.1 Å². The summed E-state index contributed by atoms with van der Waals surface area (Å²) in [6.45, 7) is 2.46. The second kappa shape index (κ2) is 10.8. The Balaban J connectivity index is 1.65. The molecule has 2 aromatic rings. The van der Waals surface area contributed by atoms with Crippen molar-refractivity contribution in [2.75, 3.05) is 0 Å². The first kappa shape index (κ1) is 22.6. The normalized spacial score (nSPS) is 15.0. The van der Waals surface area contributed by atoms with E-state index >= 15 is 0 Å². The minimum Gasteiger partial charge on any atom is -0.350 e. The van der Waals surface area contributed by atoms with Gasteiger partial charge in [-0.2, -0.15) is 5.26 Å². The zero-order valence-corrected chi connectivity index (χ0v) is 18.2. The molecule has 162 valence electrons. The molecule has 5 nitrogen and oxygen atoms in total. The van der Waals surface area contributed by atoms with E-state index in [9.17, 15) is 14.9 Å². The third-order valence-electron chi connectivity index (χ3n) is 6.04. The van der Waals surface area contributed by atoms with Gasteiger partial charge in [-0.25, -0.2) is 0 Å². The molecular formula is C26H31N3O2. The Hall–Kier alpha value is -3.13. The molecule has 0 atom stereocenters. The summed E-state index contributed by atoms with van der Waals surface area (Å²) in [6, 6.07) is 17.6. The van der Waals surface area contributed by atoms with Gasteiger partial charge in [-0.15, -0.1) is 0 Å². The molecule has 3 rings (SSSR count). The zero-order valence-electron chi connectivity index (χ0n) is 18.2. The number of nitrogens with one attached hydrogen (secondary N) is 2. The minimum absolute atomic E-state index is 0.0283. The molecule has 0 bridgehead atoms. The quantitative estimate of drug-likeness (QED) is 0.644. The smallest absolute Gasteiger partial charge is 0.246 e. The van der Waals surface area contributed by atoms with Gasteiger partial charge in [-0.05, 0) is 42.0 Å². The van der Waals surface area contributed by atoms with Gasteiger partial charge >= 0.3 is 0 Å². The molecule has 31 heavy (non-hydrogen) atoms. The third-order valence-corrected chi connectivity index (χ3v) is 6.04. The van der Waals surface area contributed by atoms with Crippen LogP contribution in [0.15, 0.2) is 48.5 Å². The monoisotopic (exact) mass is 417 g/mol. The molecule has 0 spiro atoms. The van der Waals surface area contributed by atoms with Crippen molar-refractivity contribution in [3.8, 4) is 17.2 Å². The fraction of sp³-hybridized carbons (Fsp3) is 0.423. The number of benzene rings is 2. The van der Waals surface area contributed by atoms with E-state index in [1.54, 1.807) is 0 Å². The molecule has 2 amide bonds. The molecule has 0 heterocycles. The lowest BCUT2D eigenvalue weighted by atomic mass is 9.80. The third kappa shape index (κ3) is 5.73. The Morgan fingerprint density at radius 1 is 1.03 bits per heavy atom. The second-order valence-corrected chi connectivity index (χ2v) is 8.33. The van der Waals surface area contributed by atoms with Crippen molar-refractivity contribution in [1.82, 2.24) is 10.6 Å². The predicted molar refractivity (Wildman–Crippen MR) is 122 cm³/mol. The average Bonchev–Trinajstić information content (AvgIpc) is 2.82. The van der Waals surface area contributed by atoms with E-state index in [0.29, 0.717) is 31.4 Å². The van der Waals surface area contributed by atoms with Crippen molar-refractivity contribution in [2.24, 2.45) is 0 Å². The van der Waals surface area contributed by atoms with Crippen molar-refractivity contribution < 1.29 is 9.59 Å². The topological polar surface area (TPSA) is 82.0 Å². The van der Waals surface area contributed by atoms with Crippen molar-refractivity contribution in [1.29, 1.82) is 5.26 Å². The number of carbonyl (C=O) groups is 2. The van der Waals surface area contributed by atoms with Gasteiger partial charge in [0.1, 0.15) is 5.54 Å². The van der Waals surface area contributed by atoms with E-state index in [0.717, 1.165) is 48.8 Å². The molecule has 2 N–H and O–H groups in total. The molecule has 5 heteroatoms. The number of hydrogen-bond donors (Lipinski definition) is 2. The first-order valence-electron chi connectivity index (χ1n) is 11.3. The molecule has 1 aliphatic rings. The van der Waals surface area contributed by atoms with Crippen LogP contribution in [-0.4, -0.2) is 17.4 Å². The van der Waals surface area contributed by atoms with Crippen molar-refractivity contribution in [2.45, 2.75) is 70.4 Å². The maximum atomic E-state index is 13.1. The summed E-state index contributed by atoms with van der Waals surface area (Å²) in [7, 11) is 0. The Kier molecular flexibility index (Phi) is 7.83. The number of rotatable bonds is 8. The highest BCUT2D eigenvalue weighted by molar-refractivity contribution is 5.91. The molecule has 0 aromatic heterocycles. The molecule has 0 unspecified atom stereocenters. The lowest BCUT2D eigenvalue weighted by Gasteiger charge is -2.36. The van der Waals surface area contributed by atoms with Gasteiger partial charge in [0.25, 0.3) is 0 Å². The average molecular weight is 418 g/mol. The van der Waals surface area contributed by atoms with Crippen LogP contribution in [0.1, 0.15) is 69.4 Å². The number of nitrogens with zero attached hydrogens (tertiary/aromatic N) is 1. The van der Waals surface area contributed by atoms with Crippen LogP contribution in [0, 0.1) is 11.3 Å². The predicted octanol–water partition coefficient (Wildman–Crippen LogP) is 4.85. The second-order valence-electron chi connectivity index (χ2n) is 8.33. The van der Waals surface area contributed by atoms with Gasteiger partial charge in [-0.1, -0.05) is 75.1 Å². The lowest BCUT2D eigenvalue weighted by Crippen LogP contribution is -2.59. The first-order valence-corrected chi connectivity index (χ1v) is 11.3. The molecule has 0 aliphatic heterocycles. The van der Waals surface area contributed by atoms with Crippen LogP contribution in [-0.2, 0) is 16.1 Å². The van der Waals surface area contributed by atoms with Crippen LogP contribution in [0.2, 0.25) is 0 Å². The number of nitriles is 1. The highest BCUT2D eigenvalue weighted by Crippen LogP contribution is 2.29. The Morgan fingerprint density at radius 3 is 2.42 bits per heavy atom. The maximum Gasteiger partial charge on any atom is 0.246 e. The Labute approximate surface area is 184 Å². The van der Waals surface area contributed by atoms with E-state index in [4.69, 9.17) is 0 Å². The Morgan fingerprint density at radius 2 is 1.74 bits per heavy atom. The summed E-state index contributed by atoms with van der Waals surface area (Å²) >= 11 is 0. The summed E-state index contributed by atoms with van der Waals surface area (Å²) in [5.41, 5.74) is 2.71. The van der Waals surface area contributed by atoms with Crippen molar-refractivity contribution in [3.05, 3.63) is 59.7 Å². The van der Waals surface area contributed by atoms with Crippen molar-refractivity contribution >= 4 is 11.8 Å². The molecule has 1 saturated carbocycles. The fourth-order valence-electron chi connectivity index (χ4n) is 4.22. The maximum absolute atomic E-state index is 13.1. The standard InChI is InChI=1S/C26H31N3O2/c1-2-3-11-24(30)29-26(16-7-4-8-17-26)25(31)28-19-20-12-14-21(15-13-20)23-10-6-5-9-22(23)18-27/h5-6,9-10,12-15H,2-4,7-8,11,16-17,19H2,1H3,(H,28,31)(H,29,30). The van der Waals surface area contributed by atoms with E-state index in [1.807, 2.05) is 48.5 Å². The lowest BCUT2D eigenvalue weighted by molar-refractivity contribution is -0.135. The minimum atomic E-state index is -0.783. The highest BCUT2D eigenvalue weighted by Gasteiger charge is 2.40. The van der Waals surface area contributed by atoms with Gasteiger partial charge in [0.05, 0.1) is 11.6 Å². The van der Waals surface area contributed by atoms with Crippen LogP contribution in [0.5, 0.6) is 0 Å². The van der Waals surface area contributed by atoms with Crippen LogP contribution >= 0.6 is 0 Å². The number of amides is 2. The largest absolute Gasteiger partial charge is 0.350 e. The zero-order chi connectivity index (χ0) is 22.1. The summed E-state index contributed by atoms with van der Waals surface area (Å²) in [5, 5.41) is 15.4. The van der Waals surface area contributed by atoms with Crippen LogP contribution in [0.4, 0.5) is 0 Å². The van der Waals surface area contributed by atoms with E-state index < -0.39 is 5.54 Å². The molecular weight excluding hydrogens is 386 g/mol. The fourth-order valence-corrected chi connectivity index (χ4v) is 4.22. The van der Waals surface area contributed by atoms with Gasteiger partial charge < -0.3 is 10.6 Å². The first-order chi connectivity index (χ1) is 15.1. The molecule has 0 saturated heterocycles. The summed E-state index contributed by atoms with van der Waals surface area (Å²) in [6.07, 6.45) is 6.67. The molecule has 0 radical (unpaired) electrons. The SMILES string of the molecule is CCCCC(=O)NC1(C(=O)NCc2ccc(-c3ccccc3C#N)cc2)CCCCC1. The molecule has 1 fully saturated rings. The number of hydrogen-bond acceptors (Lipinski definition) is 3. The summed E-state index contributed by atoms with van der Waals surface area (Å²) < 4.78 is 0. The van der Waals surface area contributed by atoms with E-state index in [-0.39, 0.29) is 11.8 Å². The van der Waals surface area contributed by atoms with Gasteiger partial charge in [0, 0.05) is 13.0 Å². The number of unbranched alkanes of at least 4 members (excludes halogenated alkanes) is 1. The molecule has 1 aliphatic carbocycles. The van der Waals surface area contributed by atoms with Gasteiger partial charge in [-0.3, -0.25) is 9.59 Å². The highest BCUT2D eigenvalue weighted by atomic mass is 16.2. The van der Waals surface area contributed by atoms with Gasteiger partial charge in [0.2, 0.25) is 11.8 Å². The van der Waals surface area contributed by atoms with Crippen LogP contribution < -0.4 is 10.6 Å². The summed E-state index contributed by atoms with van der Waals surface area (Å²) in [5.74, 6) is -0.115. The van der Waals surface area contributed by atoms with E-state index in [2.05, 4.69) is 23.6 Å². The van der Waals surface area contributed by atoms with E-state index in [1.165, 1.54) is 0 Å². The van der Waals surface area contributed by atoms with Crippen LogP contribution in [0.3, 0.4) is 0 Å². The Bertz CT molecular complexity index is 938. The van der Waals surface area contributed by atoms with Crippen molar-refractivity contribution in [3.63, 3.8) is 0 Å². The number of carbonyl (C=O) groups excluding carboxylic acids is 2. The van der Waals surface area contributed by atoms with Gasteiger partial charge in [0.15, 0.2) is 0 Å². The molecule has 2 aromatic carbocycles. The summed E-state index contributed by atoms with van der Waals surface area (Å²) in [4.78, 5) is 25.5.